The predicted octanol–water partition coefficient (Wildman–Crippen LogP) is 3.26. The molecule has 1 fully saturated rings. The van der Waals surface area contributed by atoms with E-state index in [-0.39, 0.29) is 25.1 Å². The maximum Gasteiger partial charge on any atom is 0.409 e. The van der Waals surface area contributed by atoms with Gasteiger partial charge in [0.05, 0.1) is 11.9 Å². The molecule has 4 nitrogen and oxygen atoms in total. The zero-order valence-electron chi connectivity index (χ0n) is 13.1. The summed E-state index contributed by atoms with van der Waals surface area (Å²) in [6, 6.07) is 1.35. The van der Waals surface area contributed by atoms with Crippen molar-refractivity contribution >= 4 is 10.0 Å². The van der Waals surface area contributed by atoms with Crippen LogP contribution in [0.2, 0.25) is 0 Å². The summed E-state index contributed by atoms with van der Waals surface area (Å²) in [5, 5.41) is -1.00. The molecule has 2 rings (SSSR count). The summed E-state index contributed by atoms with van der Waals surface area (Å²) in [7, 11) is -4.22. The molecule has 2 unspecified atom stereocenters. The Balaban J connectivity index is 2.43. The standard InChI is InChI=1S/C15H19F4NO3S/c1-2-20(24(21,22)13-4-3-9-23-10-13)14(15(17,18)19)11-5-7-12(16)8-6-11/h5-8,13-14H,2-4,9-10H2,1H3. The molecule has 2 atom stereocenters. The van der Waals surface area contributed by atoms with Crippen LogP contribution >= 0.6 is 0 Å². The van der Waals surface area contributed by atoms with Crippen LogP contribution in [0, 0.1) is 5.82 Å². The highest BCUT2D eigenvalue weighted by molar-refractivity contribution is 7.89. The van der Waals surface area contributed by atoms with E-state index in [0.717, 1.165) is 24.3 Å². The second-order valence-electron chi connectivity index (χ2n) is 5.58. The Bertz CT molecular complexity index is 640. The summed E-state index contributed by atoms with van der Waals surface area (Å²) in [5.41, 5.74) is -0.314. The maximum atomic E-state index is 13.6. The number of benzene rings is 1. The first-order valence-electron chi connectivity index (χ1n) is 7.58. The van der Waals surface area contributed by atoms with E-state index < -0.39 is 33.3 Å². The highest BCUT2D eigenvalue weighted by atomic mass is 32.2. The highest BCUT2D eigenvalue weighted by Gasteiger charge is 2.50. The van der Waals surface area contributed by atoms with E-state index in [1.54, 1.807) is 0 Å². The van der Waals surface area contributed by atoms with Crippen molar-refractivity contribution in [2.75, 3.05) is 19.8 Å². The van der Waals surface area contributed by atoms with Gasteiger partial charge < -0.3 is 4.74 Å². The maximum absolute atomic E-state index is 13.6. The molecule has 1 aromatic rings. The summed E-state index contributed by atoms with van der Waals surface area (Å²) >= 11 is 0. The Morgan fingerprint density at radius 2 is 1.92 bits per heavy atom. The number of rotatable bonds is 5. The summed E-state index contributed by atoms with van der Waals surface area (Å²) in [5.74, 6) is -0.689. The van der Waals surface area contributed by atoms with Crippen molar-refractivity contribution in [3.05, 3.63) is 35.6 Å². The van der Waals surface area contributed by atoms with Crippen molar-refractivity contribution in [3.63, 3.8) is 0 Å². The molecular formula is C15H19F4NO3S. The molecule has 0 aromatic heterocycles. The van der Waals surface area contributed by atoms with Crippen LogP contribution < -0.4 is 0 Å². The highest BCUT2D eigenvalue weighted by Crippen LogP contribution is 2.40. The number of hydrogen-bond donors (Lipinski definition) is 0. The Labute approximate surface area is 138 Å². The Morgan fingerprint density at radius 1 is 1.29 bits per heavy atom. The molecule has 1 aliphatic heterocycles. The van der Waals surface area contributed by atoms with Gasteiger partial charge in [0.1, 0.15) is 11.9 Å². The van der Waals surface area contributed by atoms with Gasteiger partial charge in [0.2, 0.25) is 10.0 Å². The molecule has 1 aliphatic rings. The molecule has 0 N–H and O–H groups in total. The zero-order valence-corrected chi connectivity index (χ0v) is 13.9. The number of alkyl halides is 3. The van der Waals surface area contributed by atoms with E-state index in [2.05, 4.69) is 0 Å². The average Bonchev–Trinajstić information content (AvgIpc) is 2.53. The van der Waals surface area contributed by atoms with Crippen molar-refractivity contribution in [2.45, 2.75) is 37.2 Å². The number of halogens is 4. The molecule has 0 spiro atoms. The van der Waals surface area contributed by atoms with Crippen LogP contribution in [0.15, 0.2) is 24.3 Å². The smallest absolute Gasteiger partial charge is 0.380 e. The second-order valence-corrected chi connectivity index (χ2v) is 7.75. The molecule has 136 valence electrons. The number of ether oxygens (including phenoxy) is 1. The van der Waals surface area contributed by atoms with Gasteiger partial charge in [-0.1, -0.05) is 19.1 Å². The average molecular weight is 369 g/mol. The third kappa shape index (κ3) is 4.07. The van der Waals surface area contributed by atoms with Gasteiger partial charge in [-0.25, -0.2) is 12.8 Å². The van der Waals surface area contributed by atoms with E-state index in [0.29, 0.717) is 17.3 Å². The first-order chi connectivity index (χ1) is 11.2. The zero-order chi connectivity index (χ0) is 18.0. The fourth-order valence-corrected chi connectivity index (χ4v) is 4.82. The van der Waals surface area contributed by atoms with E-state index in [1.165, 1.54) is 6.92 Å². The largest absolute Gasteiger partial charge is 0.409 e. The molecule has 24 heavy (non-hydrogen) atoms. The van der Waals surface area contributed by atoms with Gasteiger partial charge in [-0.3, -0.25) is 0 Å². The van der Waals surface area contributed by atoms with Crippen LogP contribution in [-0.4, -0.2) is 43.9 Å². The van der Waals surface area contributed by atoms with Crippen LogP contribution in [-0.2, 0) is 14.8 Å². The molecule has 0 bridgehead atoms. The van der Waals surface area contributed by atoms with Gasteiger partial charge in [-0.2, -0.15) is 17.5 Å². The molecule has 1 heterocycles. The van der Waals surface area contributed by atoms with E-state index >= 15 is 0 Å². The molecule has 1 saturated heterocycles. The lowest BCUT2D eigenvalue weighted by molar-refractivity contribution is -0.173. The summed E-state index contributed by atoms with van der Waals surface area (Å²) in [4.78, 5) is 0. The summed E-state index contributed by atoms with van der Waals surface area (Å²) < 4.78 is 84.8. The Hall–Kier alpha value is -1.19. The van der Waals surface area contributed by atoms with Crippen LogP contribution in [0.3, 0.4) is 0 Å². The minimum absolute atomic E-state index is 0.118. The van der Waals surface area contributed by atoms with Gasteiger partial charge >= 0.3 is 6.18 Å². The Morgan fingerprint density at radius 3 is 2.38 bits per heavy atom. The van der Waals surface area contributed by atoms with Crippen molar-refractivity contribution in [2.24, 2.45) is 0 Å². The van der Waals surface area contributed by atoms with Crippen molar-refractivity contribution in [3.8, 4) is 0 Å². The second kappa shape index (κ2) is 7.37. The summed E-state index contributed by atoms with van der Waals surface area (Å²) in [6.07, 6.45) is -4.09. The van der Waals surface area contributed by atoms with Crippen LogP contribution in [0.1, 0.15) is 31.4 Å². The van der Waals surface area contributed by atoms with Crippen molar-refractivity contribution in [1.29, 1.82) is 0 Å². The lowest BCUT2D eigenvalue weighted by Gasteiger charge is -2.35. The minimum Gasteiger partial charge on any atom is -0.380 e. The molecule has 0 saturated carbocycles. The molecule has 0 aliphatic carbocycles. The number of nitrogens with zero attached hydrogens (tertiary/aromatic N) is 1. The first-order valence-corrected chi connectivity index (χ1v) is 9.08. The number of sulfonamides is 1. The molecule has 0 amide bonds. The quantitative estimate of drug-likeness (QED) is 0.749. The lowest BCUT2D eigenvalue weighted by Crippen LogP contribution is -2.48. The lowest BCUT2D eigenvalue weighted by atomic mass is 10.1. The van der Waals surface area contributed by atoms with Crippen LogP contribution in [0.5, 0.6) is 0 Å². The van der Waals surface area contributed by atoms with Gasteiger partial charge in [0, 0.05) is 13.2 Å². The van der Waals surface area contributed by atoms with Crippen molar-refractivity contribution in [1.82, 2.24) is 4.31 Å². The van der Waals surface area contributed by atoms with Gasteiger partial charge in [0.15, 0.2) is 0 Å². The molecular weight excluding hydrogens is 350 g/mol. The fraction of sp³-hybridized carbons (Fsp3) is 0.600. The van der Waals surface area contributed by atoms with E-state index in [1.807, 2.05) is 0 Å². The predicted molar refractivity (Wildman–Crippen MR) is 80.3 cm³/mol. The fourth-order valence-electron chi connectivity index (χ4n) is 2.81. The monoisotopic (exact) mass is 369 g/mol. The summed E-state index contributed by atoms with van der Waals surface area (Å²) in [6.45, 7) is 1.29. The third-order valence-electron chi connectivity index (χ3n) is 3.96. The Kier molecular flexibility index (Phi) is 5.87. The topological polar surface area (TPSA) is 46.6 Å². The van der Waals surface area contributed by atoms with E-state index in [9.17, 15) is 26.0 Å². The third-order valence-corrected chi connectivity index (χ3v) is 6.30. The molecule has 1 aromatic carbocycles. The van der Waals surface area contributed by atoms with Crippen LogP contribution in [0.25, 0.3) is 0 Å². The number of hydrogen-bond acceptors (Lipinski definition) is 3. The van der Waals surface area contributed by atoms with E-state index in [4.69, 9.17) is 4.74 Å². The van der Waals surface area contributed by atoms with Gasteiger partial charge in [0.25, 0.3) is 0 Å². The molecule has 9 heteroatoms. The van der Waals surface area contributed by atoms with Gasteiger partial charge in [-0.15, -0.1) is 0 Å². The normalized spacial score (nSPS) is 21.0. The van der Waals surface area contributed by atoms with Crippen LogP contribution in [0.4, 0.5) is 17.6 Å². The van der Waals surface area contributed by atoms with Crippen molar-refractivity contribution < 1.29 is 30.7 Å². The van der Waals surface area contributed by atoms with Gasteiger partial charge in [-0.05, 0) is 30.5 Å². The molecule has 0 radical (unpaired) electrons. The first kappa shape index (κ1) is 19.1. The SMILES string of the molecule is CCN(C(c1ccc(F)cc1)C(F)(F)F)S(=O)(=O)C1CCCOC1. The minimum atomic E-state index is -4.82.